The van der Waals surface area contributed by atoms with Gasteiger partial charge in [-0.25, -0.2) is 4.98 Å². The SMILES string of the molecule is Cc1nc(C)c(C(=O)C2=C(O)C(=O)N(c3ccc(C)c(C)c3)C2c2ccccn2)s1. The summed E-state index contributed by atoms with van der Waals surface area (Å²) < 4.78 is 0. The van der Waals surface area contributed by atoms with Gasteiger partial charge in [-0.05, 0) is 63.1 Å². The average molecular weight is 420 g/mol. The Balaban J connectivity index is 1.90. The lowest BCUT2D eigenvalue weighted by molar-refractivity contribution is -0.117. The maximum absolute atomic E-state index is 13.5. The van der Waals surface area contributed by atoms with E-state index in [1.807, 2.05) is 39.0 Å². The number of hydrogen-bond acceptors (Lipinski definition) is 6. The second-order valence-electron chi connectivity index (χ2n) is 7.34. The Hall–Kier alpha value is -3.32. The van der Waals surface area contributed by atoms with Crippen LogP contribution in [0, 0.1) is 27.7 Å². The number of benzene rings is 1. The van der Waals surface area contributed by atoms with Crippen LogP contribution in [0.4, 0.5) is 5.69 Å². The van der Waals surface area contributed by atoms with E-state index >= 15 is 0 Å². The highest BCUT2D eigenvalue weighted by Gasteiger charge is 2.46. The van der Waals surface area contributed by atoms with Gasteiger partial charge in [-0.1, -0.05) is 12.1 Å². The van der Waals surface area contributed by atoms with E-state index in [4.69, 9.17) is 0 Å². The van der Waals surface area contributed by atoms with Crippen LogP contribution < -0.4 is 4.90 Å². The number of pyridine rings is 1. The normalized spacial score (nSPS) is 16.5. The summed E-state index contributed by atoms with van der Waals surface area (Å²) in [7, 11) is 0. The molecule has 152 valence electrons. The van der Waals surface area contributed by atoms with Crippen molar-refractivity contribution in [3.8, 4) is 0 Å². The Morgan fingerprint density at radius 2 is 1.87 bits per heavy atom. The molecule has 2 aromatic heterocycles. The number of Topliss-reactive ketones (excluding diaryl/α,β-unsaturated/α-hetero) is 1. The van der Waals surface area contributed by atoms with Gasteiger partial charge in [0.25, 0.3) is 5.91 Å². The highest BCUT2D eigenvalue weighted by atomic mass is 32.1. The van der Waals surface area contributed by atoms with Crippen LogP contribution in [0.1, 0.15) is 43.2 Å². The number of ketones is 1. The molecule has 1 unspecified atom stereocenters. The van der Waals surface area contributed by atoms with Crippen molar-refractivity contribution in [1.29, 1.82) is 0 Å². The number of aryl methyl sites for hydroxylation is 4. The van der Waals surface area contributed by atoms with E-state index in [0.717, 1.165) is 16.1 Å². The number of carbonyl (C=O) groups is 2. The molecule has 0 saturated heterocycles. The fraction of sp³-hybridized carbons (Fsp3) is 0.217. The summed E-state index contributed by atoms with van der Waals surface area (Å²) >= 11 is 1.26. The molecule has 4 rings (SSSR count). The van der Waals surface area contributed by atoms with Gasteiger partial charge in [-0.2, -0.15) is 0 Å². The largest absolute Gasteiger partial charge is 0.503 e. The summed E-state index contributed by atoms with van der Waals surface area (Å²) in [6.07, 6.45) is 1.61. The summed E-state index contributed by atoms with van der Waals surface area (Å²) in [6, 6.07) is 10.1. The van der Waals surface area contributed by atoms with Gasteiger partial charge in [0.05, 0.1) is 26.8 Å². The smallest absolute Gasteiger partial charge is 0.294 e. The van der Waals surface area contributed by atoms with Gasteiger partial charge in [0, 0.05) is 11.9 Å². The number of carbonyl (C=O) groups excluding carboxylic acids is 2. The average Bonchev–Trinajstić information content (AvgIpc) is 3.20. The second-order valence-corrected chi connectivity index (χ2v) is 8.54. The minimum Gasteiger partial charge on any atom is -0.503 e. The molecule has 0 spiro atoms. The number of aliphatic hydroxyl groups excluding tert-OH is 1. The first-order valence-corrected chi connectivity index (χ1v) is 10.3. The standard InChI is InChI=1S/C23H21N3O3S/c1-12-8-9-16(11-13(12)2)26-19(17-7-5-6-10-24-17)18(21(28)23(26)29)20(27)22-14(3)25-15(4)30-22/h5-11,19,28H,1-4H3. The Morgan fingerprint density at radius 1 is 1.10 bits per heavy atom. The van der Waals surface area contributed by atoms with Crippen molar-refractivity contribution >= 4 is 28.7 Å². The number of hydrogen-bond donors (Lipinski definition) is 1. The van der Waals surface area contributed by atoms with Gasteiger partial charge >= 0.3 is 0 Å². The van der Waals surface area contributed by atoms with Crippen molar-refractivity contribution in [2.75, 3.05) is 4.90 Å². The molecule has 0 fully saturated rings. The molecule has 1 atom stereocenters. The first-order chi connectivity index (χ1) is 14.3. The van der Waals surface area contributed by atoms with Crippen LogP contribution in [-0.4, -0.2) is 26.8 Å². The topological polar surface area (TPSA) is 83.4 Å². The Labute approximate surface area is 178 Å². The van der Waals surface area contributed by atoms with E-state index in [1.54, 1.807) is 31.3 Å². The number of nitrogens with zero attached hydrogens (tertiary/aromatic N) is 3. The van der Waals surface area contributed by atoms with E-state index < -0.39 is 23.5 Å². The minimum absolute atomic E-state index is 0.0312. The lowest BCUT2D eigenvalue weighted by atomic mass is 9.98. The number of thiazole rings is 1. The predicted molar refractivity (Wildman–Crippen MR) is 116 cm³/mol. The molecular weight excluding hydrogens is 398 g/mol. The molecule has 3 aromatic rings. The lowest BCUT2D eigenvalue weighted by Gasteiger charge is -2.26. The zero-order valence-electron chi connectivity index (χ0n) is 17.1. The van der Waals surface area contributed by atoms with Gasteiger partial charge in [0.2, 0.25) is 5.78 Å². The van der Waals surface area contributed by atoms with Crippen LogP contribution in [0.5, 0.6) is 0 Å². The van der Waals surface area contributed by atoms with Crippen molar-refractivity contribution in [2.24, 2.45) is 0 Å². The summed E-state index contributed by atoms with van der Waals surface area (Å²) in [5.41, 5.74) is 3.82. The van der Waals surface area contributed by atoms with Gasteiger partial charge in [-0.15, -0.1) is 11.3 Å². The molecule has 0 radical (unpaired) electrons. The summed E-state index contributed by atoms with van der Waals surface area (Å²) in [5, 5.41) is 11.5. The maximum atomic E-state index is 13.5. The van der Waals surface area contributed by atoms with Gasteiger partial charge in [0.15, 0.2) is 5.76 Å². The van der Waals surface area contributed by atoms with E-state index in [1.165, 1.54) is 16.2 Å². The number of anilines is 1. The summed E-state index contributed by atoms with van der Waals surface area (Å²) in [4.78, 5) is 37.2. The van der Waals surface area contributed by atoms with E-state index in [2.05, 4.69) is 9.97 Å². The molecule has 0 aliphatic carbocycles. The van der Waals surface area contributed by atoms with Crippen LogP contribution in [0.15, 0.2) is 53.9 Å². The zero-order chi connectivity index (χ0) is 21.6. The third-order valence-corrected chi connectivity index (χ3v) is 6.37. The third-order valence-electron chi connectivity index (χ3n) is 5.30. The molecular formula is C23H21N3O3S. The fourth-order valence-corrected chi connectivity index (χ4v) is 4.53. The van der Waals surface area contributed by atoms with E-state index in [-0.39, 0.29) is 5.57 Å². The van der Waals surface area contributed by atoms with Gasteiger partial charge in [-0.3, -0.25) is 19.5 Å². The Kier molecular flexibility index (Phi) is 4.99. The predicted octanol–water partition coefficient (Wildman–Crippen LogP) is 4.55. The van der Waals surface area contributed by atoms with Crippen LogP contribution >= 0.6 is 11.3 Å². The first-order valence-electron chi connectivity index (χ1n) is 9.53. The van der Waals surface area contributed by atoms with Crippen molar-refractivity contribution in [3.63, 3.8) is 0 Å². The molecule has 0 bridgehead atoms. The summed E-state index contributed by atoms with van der Waals surface area (Å²) in [5.74, 6) is -1.55. The summed E-state index contributed by atoms with van der Waals surface area (Å²) in [6.45, 7) is 7.51. The molecule has 30 heavy (non-hydrogen) atoms. The van der Waals surface area contributed by atoms with Crippen LogP contribution in [0.3, 0.4) is 0 Å². The molecule has 1 amide bonds. The fourth-order valence-electron chi connectivity index (χ4n) is 3.66. The first kappa shape index (κ1) is 20.0. The molecule has 1 aliphatic heterocycles. The molecule has 1 N–H and O–H groups in total. The Bertz CT molecular complexity index is 1200. The lowest BCUT2D eigenvalue weighted by Crippen LogP contribution is -2.31. The molecule has 1 aromatic carbocycles. The van der Waals surface area contributed by atoms with Gasteiger partial charge in [0.1, 0.15) is 6.04 Å². The molecule has 1 aliphatic rings. The van der Waals surface area contributed by atoms with Crippen LogP contribution in [0.25, 0.3) is 0 Å². The number of rotatable bonds is 4. The van der Waals surface area contributed by atoms with E-state index in [0.29, 0.717) is 22.0 Å². The van der Waals surface area contributed by atoms with Crippen molar-refractivity contribution in [1.82, 2.24) is 9.97 Å². The maximum Gasteiger partial charge on any atom is 0.294 e. The molecule has 3 heterocycles. The molecule has 0 saturated carbocycles. The zero-order valence-corrected chi connectivity index (χ0v) is 17.9. The quantitative estimate of drug-likeness (QED) is 0.627. The number of aromatic nitrogens is 2. The highest BCUT2D eigenvalue weighted by molar-refractivity contribution is 7.14. The van der Waals surface area contributed by atoms with Crippen LogP contribution in [-0.2, 0) is 4.79 Å². The van der Waals surface area contributed by atoms with Crippen molar-refractivity contribution in [2.45, 2.75) is 33.7 Å². The minimum atomic E-state index is -0.824. The molecule has 6 nitrogen and oxygen atoms in total. The second kappa shape index (κ2) is 7.50. The Morgan fingerprint density at radius 3 is 2.47 bits per heavy atom. The monoisotopic (exact) mass is 419 g/mol. The third kappa shape index (κ3) is 3.21. The highest BCUT2D eigenvalue weighted by Crippen LogP contribution is 2.42. The number of amides is 1. The van der Waals surface area contributed by atoms with Crippen LogP contribution in [0.2, 0.25) is 0 Å². The van der Waals surface area contributed by atoms with Crippen molar-refractivity contribution < 1.29 is 14.7 Å². The van der Waals surface area contributed by atoms with Gasteiger partial charge < -0.3 is 5.11 Å². The molecule has 7 heteroatoms. The van der Waals surface area contributed by atoms with Crippen molar-refractivity contribution in [3.05, 3.63) is 86.3 Å². The number of aliphatic hydroxyl groups is 1. The van der Waals surface area contributed by atoms with E-state index in [9.17, 15) is 14.7 Å².